The van der Waals surface area contributed by atoms with E-state index in [-0.39, 0.29) is 6.61 Å². The van der Waals surface area contributed by atoms with Crippen molar-refractivity contribution >= 4 is 5.69 Å². The van der Waals surface area contributed by atoms with Crippen molar-refractivity contribution in [2.75, 3.05) is 18.9 Å². The highest BCUT2D eigenvalue weighted by atomic mass is 16.3. The zero-order valence-corrected chi connectivity index (χ0v) is 8.89. The highest BCUT2D eigenvalue weighted by Gasteiger charge is 2.23. The first-order valence-electron chi connectivity index (χ1n) is 5.49. The maximum Gasteiger partial charge on any atom is 0.0587 e. The minimum Gasteiger partial charge on any atom is -0.399 e. The highest BCUT2D eigenvalue weighted by Crippen LogP contribution is 2.20. The molecule has 3 heteroatoms. The van der Waals surface area contributed by atoms with Crippen molar-refractivity contribution < 1.29 is 5.11 Å². The molecule has 1 saturated heterocycles. The Hall–Kier alpha value is -1.06. The van der Waals surface area contributed by atoms with Crippen molar-refractivity contribution in [2.45, 2.75) is 25.4 Å². The van der Waals surface area contributed by atoms with Gasteiger partial charge in [0.25, 0.3) is 0 Å². The second-order valence-electron chi connectivity index (χ2n) is 4.19. The van der Waals surface area contributed by atoms with Crippen LogP contribution in [0.1, 0.15) is 18.4 Å². The Labute approximate surface area is 90.5 Å². The Morgan fingerprint density at radius 2 is 2.33 bits per heavy atom. The fourth-order valence-corrected chi connectivity index (χ4v) is 2.24. The first kappa shape index (κ1) is 10.5. The minimum absolute atomic E-state index is 0.266. The molecule has 1 aliphatic heterocycles. The molecule has 0 aliphatic carbocycles. The number of nitrogens with two attached hydrogens (primary N) is 1. The van der Waals surface area contributed by atoms with Crippen molar-refractivity contribution in [3.8, 4) is 0 Å². The Balaban J connectivity index is 2.02. The summed E-state index contributed by atoms with van der Waals surface area (Å²) in [6.07, 6.45) is 2.30. The number of aliphatic hydroxyl groups is 1. The van der Waals surface area contributed by atoms with Crippen molar-refractivity contribution in [1.29, 1.82) is 0 Å². The molecule has 1 aromatic rings. The fourth-order valence-electron chi connectivity index (χ4n) is 2.24. The van der Waals surface area contributed by atoms with Crippen LogP contribution in [0.3, 0.4) is 0 Å². The molecule has 0 bridgehead atoms. The van der Waals surface area contributed by atoms with Crippen LogP contribution in [-0.2, 0) is 6.54 Å². The molecule has 3 nitrogen and oxygen atoms in total. The van der Waals surface area contributed by atoms with E-state index in [0.717, 1.165) is 25.2 Å². The number of anilines is 1. The van der Waals surface area contributed by atoms with E-state index in [9.17, 15) is 5.11 Å². The van der Waals surface area contributed by atoms with E-state index in [1.807, 2.05) is 18.2 Å². The molecule has 0 radical (unpaired) electrons. The molecule has 2 rings (SSSR count). The van der Waals surface area contributed by atoms with Crippen LogP contribution in [0.15, 0.2) is 24.3 Å². The van der Waals surface area contributed by atoms with Crippen LogP contribution >= 0.6 is 0 Å². The molecular weight excluding hydrogens is 188 g/mol. The average molecular weight is 206 g/mol. The molecular formula is C12H18N2O. The molecule has 0 amide bonds. The molecule has 0 unspecified atom stereocenters. The summed E-state index contributed by atoms with van der Waals surface area (Å²) in [5, 5.41) is 9.20. The molecule has 0 spiro atoms. The number of hydrogen-bond donors (Lipinski definition) is 2. The second kappa shape index (κ2) is 4.64. The third-order valence-corrected chi connectivity index (χ3v) is 3.05. The molecule has 0 saturated carbocycles. The summed E-state index contributed by atoms with van der Waals surface area (Å²) in [6.45, 7) is 2.25. The number of likely N-dealkylation sites (tertiary alicyclic amines) is 1. The van der Waals surface area contributed by atoms with Gasteiger partial charge in [0.1, 0.15) is 0 Å². The summed E-state index contributed by atoms with van der Waals surface area (Å²) in [4.78, 5) is 2.33. The number of nitrogens with zero attached hydrogens (tertiary/aromatic N) is 1. The Kier molecular flexibility index (Phi) is 3.23. The zero-order chi connectivity index (χ0) is 10.7. The maximum atomic E-state index is 9.20. The summed E-state index contributed by atoms with van der Waals surface area (Å²) < 4.78 is 0. The van der Waals surface area contributed by atoms with E-state index in [0.29, 0.717) is 6.04 Å². The Morgan fingerprint density at radius 1 is 1.47 bits per heavy atom. The Morgan fingerprint density at radius 3 is 3.07 bits per heavy atom. The molecule has 1 fully saturated rings. The van der Waals surface area contributed by atoms with Gasteiger partial charge in [0, 0.05) is 18.3 Å². The molecule has 1 aromatic carbocycles. The summed E-state index contributed by atoms with van der Waals surface area (Å²) in [5.41, 5.74) is 7.78. The standard InChI is InChI=1S/C12H18N2O/c13-11-4-1-3-10(7-11)8-14-6-2-5-12(14)9-15/h1,3-4,7,12,15H,2,5-6,8-9,13H2/t12-/m1/s1. The summed E-state index contributed by atoms with van der Waals surface area (Å²) in [5.74, 6) is 0. The van der Waals surface area contributed by atoms with Gasteiger partial charge in [-0.2, -0.15) is 0 Å². The zero-order valence-electron chi connectivity index (χ0n) is 8.89. The lowest BCUT2D eigenvalue weighted by Crippen LogP contribution is -2.31. The Bertz CT molecular complexity index is 327. The molecule has 1 heterocycles. The first-order chi connectivity index (χ1) is 7.29. The third kappa shape index (κ3) is 2.49. The molecule has 0 aromatic heterocycles. The molecule has 15 heavy (non-hydrogen) atoms. The topological polar surface area (TPSA) is 49.5 Å². The van der Waals surface area contributed by atoms with Gasteiger partial charge in [-0.1, -0.05) is 12.1 Å². The smallest absolute Gasteiger partial charge is 0.0587 e. The van der Waals surface area contributed by atoms with Crippen molar-refractivity contribution in [1.82, 2.24) is 4.90 Å². The van der Waals surface area contributed by atoms with E-state index in [2.05, 4.69) is 11.0 Å². The predicted molar refractivity (Wildman–Crippen MR) is 61.4 cm³/mol. The van der Waals surface area contributed by atoms with Gasteiger partial charge in [0.15, 0.2) is 0 Å². The molecule has 1 atom stereocenters. The van der Waals surface area contributed by atoms with E-state index in [1.165, 1.54) is 12.0 Å². The van der Waals surface area contributed by atoms with Crippen LogP contribution in [0, 0.1) is 0 Å². The number of aliphatic hydroxyl groups excluding tert-OH is 1. The lowest BCUT2D eigenvalue weighted by Gasteiger charge is -2.22. The lowest BCUT2D eigenvalue weighted by atomic mass is 10.1. The van der Waals surface area contributed by atoms with E-state index in [4.69, 9.17) is 5.73 Å². The third-order valence-electron chi connectivity index (χ3n) is 3.05. The second-order valence-corrected chi connectivity index (χ2v) is 4.19. The van der Waals surface area contributed by atoms with E-state index < -0.39 is 0 Å². The van der Waals surface area contributed by atoms with Gasteiger partial charge in [-0.25, -0.2) is 0 Å². The minimum atomic E-state index is 0.266. The average Bonchev–Trinajstić information content (AvgIpc) is 2.65. The fraction of sp³-hybridized carbons (Fsp3) is 0.500. The van der Waals surface area contributed by atoms with Crippen LogP contribution in [0.5, 0.6) is 0 Å². The SMILES string of the molecule is Nc1cccc(CN2CCC[C@@H]2CO)c1. The van der Waals surface area contributed by atoms with Crippen LogP contribution in [-0.4, -0.2) is 29.2 Å². The molecule has 82 valence electrons. The quantitative estimate of drug-likeness (QED) is 0.731. The number of nitrogen functional groups attached to an aromatic ring is 1. The highest BCUT2D eigenvalue weighted by molar-refractivity contribution is 5.40. The number of rotatable bonds is 3. The van der Waals surface area contributed by atoms with Crippen molar-refractivity contribution in [3.05, 3.63) is 29.8 Å². The van der Waals surface area contributed by atoms with Gasteiger partial charge in [-0.15, -0.1) is 0 Å². The lowest BCUT2D eigenvalue weighted by molar-refractivity contribution is 0.153. The van der Waals surface area contributed by atoms with Crippen LogP contribution < -0.4 is 5.73 Å². The predicted octanol–water partition coefficient (Wildman–Crippen LogP) is 1.23. The summed E-state index contributed by atoms with van der Waals surface area (Å²) in [6, 6.07) is 8.31. The normalized spacial score (nSPS) is 22.1. The monoisotopic (exact) mass is 206 g/mol. The van der Waals surface area contributed by atoms with E-state index >= 15 is 0 Å². The maximum absolute atomic E-state index is 9.20. The van der Waals surface area contributed by atoms with Gasteiger partial charge >= 0.3 is 0 Å². The largest absolute Gasteiger partial charge is 0.399 e. The van der Waals surface area contributed by atoms with Gasteiger partial charge in [0.2, 0.25) is 0 Å². The summed E-state index contributed by atoms with van der Waals surface area (Å²) >= 11 is 0. The van der Waals surface area contributed by atoms with Crippen molar-refractivity contribution in [2.24, 2.45) is 0 Å². The van der Waals surface area contributed by atoms with Gasteiger partial charge in [-0.3, -0.25) is 4.90 Å². The first-order valence-corrected chi connectivity index (χ1v) is 5.49. The van der Waals surface area contributed by atoms with Crippen LogP contribution in [0.4, 0.5) is 5.69 Å². The van der Waals surface area contributed by atoms with Gasteiger partial charge in [-0.05, 0) is 37.1 Å². The van der Waals surface area contributed by atoms with E-state index in [1.54, 1.807) is 0 Å². The van der Waals surface area contributed by atoms with Crippen molar-refractivity contribution in [3.63, 3.8) is 0 Å². The molecule has 1 aliphatic rings. The number of hydrogen-bond acceptors (Lipinski definition) is 3. The van der Waals surface area contributed by atoms with Crippen LogP contribution in [0.25, 0.3) is 0 Å². The van der Waals surface area contributed by atoms with Gasteiger partial charge in [0.05, 0.1) is 6.61 Å². The summed E-state index contributed by atoms with van der Waals surface area (Å²) in [7, 11) is 0. The number of benzene rings is 1. The van der Waals surface area contributed by atoms with Gasteiger partial charge < -0.3 is 10.8 Å². The molecule has 3 N–H and O–H groups in total. The van der Waals surface area contributed by atoms with Crippen LogP contribution in [0.2, 0.25) is 0 Å².